The third-order valence-electron chi connectivity index (χ3n) is 4.88. The molecule has 1 atom stereocenters. The Bertz CT molecular complexity index is 897. The van der Waals surface area contributed by atoms with Crippen LogP contribution in [-0.4, -0.2) is 64.5 Å². The molecule has 1 aromatic heterocycles. The second-order valence-corrected chi connectivity index (χ2v) is 9.21. The number of halogens is 1. The van der Waals surface area contributed by atoms with Crippen molar-refractivity contribution in [1.82, 2.24) is 4.57 Å². The number of fused-ring (bicyclic) bond motifs is 1. The number of hydrogen-bond acceptors (Lipinski definition) is 5. The molecule has 2 heterocycles. The van der Waals surface area contributed by atoms with Gasteiger partial charge in [0.15, 0.2) is 0 Å². The molecule has 3 radical (unpaired) electrons. The number of ether oxygens (including phenoxy) is 3. The topological polar surface area (TPSA) is 75.8 Å². The van der Waals surface area contributed by atoms with Gasteiger partial charge in [0.05, 0.1) is 0 Å². The van der Waals surface area contributed by atoms with Crippen molar-refractivity contribution in [2.24, 2.45) is 0 Å². The molecule has 0 spiro atoms. The van der Waals surface area contributed by atoms with E-state index in [1.54, 1.807) is 0 Å². The minimum absolute atomic E-state index is 0.196. The van der Waals surface area contributed by atoms with Crippen LogP contribution in [0.1, 0.15) is 47.2 Å². The van der Waals surface area contributed by atoms with Gasteiger partial charge in [-0.25, -0.2) is 0 Å². The first-order chi connectivity index (χ1) is 14.0. The van der Waals surface area contributed by atoms with E-state index >= 15 is 0 Å². The number of nitrogens with zero attached hydrogens (tertiary/aromatic N) is 2. The van der Waals surface area contributed by atoms with Gasteiger partial charge in [-0.1, -0.05) is 13.8 Å². The molecule has 0 saturated carbocycles. The van der Waals surface area contributed by atoms with Crippen LogP contribution in [0.3, 0.4) is 0 Å². The summed E-state index contributed by atoms with van der Waals surface area (Å²) in [5, 5.41) is 11.8. The molecular weight excluding hydrogens is 586 g/mol. The van der Waals surface area contributed by atoms with E-state index in [0.717, 1.165) is 35.6 Å². The molecule has 0 bridgehead atoms. The summed E-state index contributed by atoms with van der Waals surface area (Å²) in [5.41, 5.74) is 0.645. The summed E-state index contributed by atoms with van der Waals surface area (Å²) in [6.07, 6.45) is -0.196. The second-order valence-electron chi connectivity index (χ2n) is 8.09. The third-order valence-corrected chi connectivity index (χ3v) is 5.67. The summed E-state index contributed by atoms with van der Waals surface area (Å²) in [6, 6.07) is 4.42. The zero-order valence-electron chi connectivity index (χ0n) is 18.5. The van der Waals surface area contributed by atoms with Crippen LogP contribution in [-0.2, 0) is 26.2 Å². The molecule has 0 amide bonds. The first-order valence-corrected chi connectivity index (χ1v) is 12.8. The van der Waals surface area contributed by atoms with Crippen LogP contribution in [0.15, 0.2) is 18.2 Å². The van der Waals surface area contributed by atoms with Crippen molar-refractivity contribution in [1.29, 1.82) is 0 Å². The molecule has 3 rings (SSSR count). The molecule has 9 heteroatoms. The van der Waals surface area contributed by atoms with Gasteiger partial charge in [-0.05, 0) is 0 Å². The van der Waals surface area contributed by atoms with Gasteiger partial charge in [-0.3, -0.25) is 0 Å². The number of aromatic nitrogens is 1. The van der Waals surface area contributed by atoms with Crippen molar-refractivity contribution >= 4 is 42.4 Å². The Balaban J connectivity index is 0.00000155. The fraction of sp³-hybridized carbons (Fsp3) is 0.619. The first-order valence-electron chi connectivity index (χ1n) is 10.1. The predicted octanol–water partition coefficient (Wildman–Crippen LogP) is 4.29. The van der Waals surface area contributed by atoms with Crippen LogP contribution >= 0.6 is 0 Å². The average Bonchev–Trinajstić information content (AvgIpc) is 3.21. The summed E-state index contributed by atoms with van der Waals surface area (Å²) < 4.78 is 34.4. The number of nitro benzene ring substituents is 1. The number of nitro groups is 1. The van der Waals surface area contributed by atoms with Gasteiger partial charge in [-0.2, -0.15) is 0 Å². The normalized spacial score (nSPS) is 18.3. The van der Waals surface area contributed by atoms with Gasteiger partial charge in [0, 0.05) is 0 Å². The summed E-state index contributed by atoms with van der Waals surface area (Å²) >= 11 is 0.942. The van der Waals surface area contributed by atoms with Gasteiger partial charge in [0.25, 0.3) is 0 Å². The molecule has 1 saturated heterocycles. The number of rotatable bonds is 7. The third kappa shape index (κ3) is 5.57. The van der Waals surface area contributed by atoms with Gasteiger partial charge in [-0.15, -0.1) is 0 Å². The molecule has 1 aliphatic heterocycles. The Morgan fingerprint density at radius 2 is 2.03 bits per heavy atom. The number of hydrogen-bond donors (Lipinski definition) is 0. The van der Waals surface area contributed by atoms with Crippen LogP contribution in [0.5, 0.6) is 0 Å². The minimum atomic E-state index is -0.846. The first kappa shape index (κ1) is 25.2. The molecule has 1 unspecified atom stereocenters. The van der Waals surface area contributed by atoms with Crippen LogP contribution in [0.2, 0.25) is 0 Å². The van der Waals surface area contributed by atoms with Crippen LogP contribution in [0, 0.1) is 15.9 Å². The van der Waals surface area contributed by atoms with Gasteiger partial charge < -0.3 is 0 Å². The van der Waals surface area contributed by atoms with Crippen LogP contribution < -0.4 is 0 Å². The van der Waals surface area contributed by atoms with E-state index in [0.29, 0.717) is 30.7 Å². The fourth-order valence-electron chi connectivity index (χ4n) is 3.61. The molecule has 1 aromatic carbocycles. The standard InChI is InChI=1S/C19H24FN2O5.C2H6.Pb/c1-18(2,11-25-5)17-7-12-6-16(22(23)24)14(20)8-15(12)21(17)9-13-10-26-19(3,4)27-13;1-2;/h6-8,13H,5,9-11H2,1-4H3;1-2H3;. The van der Waals surface area contributed by atoms with Gasteiger partial charge in [0.1, 0.15) is 0 Å². The molecule has 0 N–H and O–H groups in total. The van der Waals surface area contributed by atoms with E-state index in [-0.39, 0.29) is 11.5 Å². The van der Waals surface area contributed by atoms with Crippen molar-refractivity contribution in [3.05, 3.63) is 39.8 Å². The molecule has 7 nitrogen and oxygen atoms in total. The average molecular weight is 617 g/mol. The maximum atomic E-state index is 14.4. The fourth-order valence-corrected chi connectivity index (χ4v) is 4.00. The molecule has 0 aliphatic carbocycles. The van der Waals surface area contributed by atoms with Gasteiger partial charge in [0.2, 0.25) is 0 Å². The molecule has 1 aliphatic rings. The summed E-state index contributed by atoms with van der Waals surface area (Å²) in [6.45, 7) is 13.2. The van der Waals surface area contributed by atoms with E-state index in [9.17, 15) is 14.5 Å². The molecular formula is C21H30FN2O5Pb. The summed E-state index contributed by atoms with van der Waals surface area (Å²) in [5.74, 6) is -1.51. The van der Waals surface area contributed by atoms with Crippen molar-refractivity contribution in [3.8, 4) is 0 Å². The van der Waals surface area contributed by atoms with Crippen molar-refractivity contribution in [3.63, 3.8) is 0 Å². The molecule has 2 aromatic rings. The van der Waals surface area contributed by atoms with Crippen LogP contribution in [0.4, 0.5) is 10.1 Å². The monoisotopic (exact) mass is 617 g/mol. The van der Waals surface area contributed by atoms with Gasteiger partial charge >= 0.3 is 179 Å². The Kier molecular flexibility index (Phi) is 8.39. The van der Waals surface area contributed by atoms with E-state index < -0.39 is 22.2 Å². The van der Waals surface area contributed by atoms with E-state index in [1.807, 2.05) is 38.3 Å². The van der Waals surface area contributed by atoms with Crippen molar-refractivity contribution in [2.75, 3.05) is 17.4 Å². The summed E-state index contributed by atoms with van der Waals surface area (Å²) in [4.78, 5) is 10.5. The Labute approximate surface area is 192 Å². The SMILES string of the molecule is CC.CC1(C)OCC(Cn2c(C(C)(C)CO[CH2][Pb])cc3cc([N+](=O)[O-])c(F)cc32)O1. The van der Waals surface area contributed by atoms with Crippen LogP contribution in [0.25, 0.3) is 10.9 Å². The molecule has 165 valence electrons. The Morgan fingerprint density at radius 1 is 1.37 bits per heavy atom. The van der Waals surface area contributed by atoms with Crippen molar-refractivity contribution in [2.45, 2.75) is 65.4 Å². The van der Waals surface area contributed by atoms with E-state index in [4.69, 9.17) is 14.2 Å². The van der Waals surface area contributed by atoms with E-state index in [2.05, 4.69) is 13.8 Å². The molecule has 30 heavy (non-hydrogen) atoms. The summed E-state index contributed by atoms with van der Waals surface area (Å²) in [7, 11) is 0. The Hall–Kier alpha value is -1.11. The number of benzene rings is 1. The Morgan fingerprint density at radius 3 is 2.57 bits per heavy atom. The molecule has 1 fully saturated rings. The van der Waals surface area contributed by atoms with Crippen molar-refractivity contribution < 1.29 is 23.5 Å². The zero-order valence-corrected chi connectivity index (χ0v) is 22.3. The predicted molar refractivity (Wildman–Crippen MR) is 114 cm³/mol. The zero-order chi connectivity index (χ0) is 22.7. The van der Waals surface area contributed by atoms with E-state index in [1.165, 1.54) is 12.1 Å². The quantitative estimate of drug-likeness (QED) is 0.264. The second kappa shape index (κ2) is 10.0. The maximum absolute atomic E-state index is 14.4.